The summed E-state index contributed by atoms with van der Waals surface area (Å²) in [6.07, 6.45) is 3.19. The summed E-state index contributed by atoms with van der Waals surface area (Å²) in [4.78, 5) is 20.6. The van der Waals surface area contributed by atoms with Gasteiger partial charge in [0.15, 0.2) is 5.78 Å². The maximum Gasteiger partial charge on any atom is 0.193 e. The molecule has 2 aromatic heterocycles. The highest BCUT2D eigenvalue weighted by atomic mass is 32.1. The van der Waals surface area contributed by atoms with Crippen molar-refractivity contribution < 1.29 is 4.79 Å². The van der Waals surface area contributed by atoms with Gasteiger partial charge in [0.25, 0.3) is 0 Å². The number of carbonyl (C=O) groups is 1. The van der Waals surface area contributed by atoms with Crippen molar-refractivity contribution >= 4 is 22.8 Å². The molecule has 0 fully saturated rings. The van der Waals surface area contributed by atoms with E-state index >= 15 is 0 Å². The van der Waals surface area contributed by atoms with Gasteiger partial charge in [0, 0.05) is 11.6 Å². The zero-order valence-corrected chi connectivity index (χ0v) is 10.5. The summed E-state index contributed by atoms with van der Waals surface area (Å²) in [6, 6.07) is 3.32. The summed E-state index contributed by atoms with van der Waals surface area (Å²) < 4.78 is 0. The van der Waals surface area contributed by atoms with Crippen LogP contribution in [-0.2, 0) is 5.41 Å². The average Bonchev–Trinajstić information content (AvgIpc) is 2.83. The number of ketones is 1. The van der Waals surface area contributed by atoms with E-state index in [1.807, 2.05) is 19.2 Å². The lowest BCUT2D eigenvalue weighted by Gasteiger charge is -2.19. The SMILES string of the molecule is CC(C)(C(=O)c1ccc(N)cn1)c1nccs1. The number of aromatic nitrogens is 2. The zero-order valence-electron chi connectivity index (χ0n) is 9.68. The largest absolute Gasteiger partial charge is 0.397 e. The highest BCUT2D eigenvalue weighted by molar-refractivity contribution is 7.09. The minimum Gasteiger partial charge on any atom is -0.397 e. The van der Waals surface area contributed by atoms with E-state index in [1.54, 1.807) is 18.3 Å². The molecule has 4 nitrogen and oxygen atoms in total. The van der Waals surface area contributed by atoms with E-state index in [0.29, 0.717) is 11.4 Å². The minimum absolute atomic E-state index is 0.0487. The maximum absolute atomic E-state index is 12.3. The molecule has 88 valence electrons. The van der Waals surface area contributed by atoms with E-state index in [9.17, 15) is 4.79 Å². The van der Waals surface area contributed by atoms with Crippen LogP contribution in [-0.4, -0.2) is 15.8 Å². The van der Waals surface area contributed by atoms with Crippen LogP contribution in [0.4, 0.5) is 5.69 Å². The third-order valence-corrected chi connectivity index (χ3v) is 3.65. The lowest BCUT2D eigenvalue weighted by molar-refractivity contribution is 0.0903. The molecule has 17 heavy (non-hydrogen) atoms. The molecule has 0 aromatic carbocycles. The van der Waals surface area contributed by atoms with Crippen molar-refractivity contribution in [3.05, 3.63) is 40.6 Å². The second-order valence-electron chi connectivity index (χ2n) is 4.27. The third-order valence-electron chi connectivity index (χ3n) is 2.55. The second kappa shape index (κ2) is 4.25. The number of nitrogen functional groups attached to an aromatic ring is 1. The highest BCUT2D eigenvalue weighted by Crippen LogP contribution is 2.28. The number of rotatable bonds is 3. The molecular formula is C12H13N3OS. The molecule has 2 N–H and O–H groups in total. The molecule has 0 amide bonds. The quantitative estimate of drug-likeness (QED) is 0.845. The number of thiazole rings is 1. The molecular weight excluding hydrogens is 234 g/mol. The van der Waals surface area contributed by atoms with E-state index in [1.165, 1.54) is 17.5 Å². The molecule has 5 heteroatoms. The molecule has 0 aliphatic carbocycles. The van der Waals surface area contributed by atoms with Gasteiger partial charge in [-0.25, -0.2) is 4.98 Å². The van der Waals surface area contributed by atoms with E-state index in [2.05, 4.69) is 9.97 Å². The van der Waals surface area contributed by atoms with Crippen molar-refractivity contribution in [2.24, 2.45) is 0 Å². The van der Waals surface area contributed by atoms with Gasteiger partial charge in [0.05, 0.1) is 17.3 Å². The number of anilines is 1. The third kappa shape index (κ3) is 2.19. The van der Waals surface area contributed by atoms with Gasteiger partial charge in [-0.1, -0.05) is 0 Å². The Bertz CT molecular complexity index is 517. The van der Waals surface area contributed by atoms with Crippen molar-refractivity contribution in [2.45, 2.75) is 19.3 Å². The van der Waals surface area contributed by atoms with Crippen LogP contribution in [0.25, 0.3) is 0 Å². The molecule has 0 saturated carbocycles. The molecule has 0 aliphatic heterocycles. The van der Waals surface area contributed by atoms with Gasteiger partial charge < -0.3 is 5.73 Å². The predicted molar refractivity (Wildman–Crippen MR) is 68.1 cm³/mol. The van der Waals surface area contributed by atoms with Crippen molar-refractivity contribution in [3.8, 4) is 0 Å². The van der Waals surface area contributed by atoms with Crippen LogP contribution in [0, 0.1) is 0 Å². The van der Waals surface area contributed by atoms with Gasteiger partial charge in [-0.3, -0.25) is 9.78 Å². The van der Waals surface area contributed by atoms with Crippen LogP contribution in [0.1, 0.15) is 29.3 Å². The first kappa shape index (κ1) is 11.7. The average molecular weight is 247 g/mol. The Morgan fingerprint density at radius 2 is 2.12 bits per heavy atom. The van der Waals surface area contributed by atoms with Crippen molar-refractivity contribution in [1.82, 2.24) is 9.97 Å². The number of nitrogens with two attached hydrogens (primary N) is 1. The van der Waals surface area contributed by atoms with Gasteiger partial charge in [-0.2, -0.15) is 0 Å². The van der Waals surface area contributed by atoms with E-state index < -0.39 is 5.41 Å². The monoisotopic (exact) mass is 247 g/mol. The maximum atomic E-state index is 12.3. The number of carbonyl (C=O) groups excluding carboxylic acids is 1. The summed E-state index contributed by atoms with van der Waals surface area (Å²) in [7, 11) is 0. The molecule has 0 radical (unpaired) electrons. The van der Waals surface area contributed by atoms with Gasteiger partial charge >= 0.3 is 0 Å². The van der Waals surface area contributed by atoms with Crippen molar-refractivity contribution in [2.75, 3.05) is 5.73 Å². The summed E-state index contributed by atoms with van der Waals surface area (Å²) in [5.74, 6) is -0.0487. The number of nitrogens with zero attached hydrogens (tertiary/aromatic N) is 2. The van der Waals surface area contributed by atoms with Gasteiger partial charge in [-0.15, -0.1) is 11.3 Å². The summed E-state index contributed by atoms with van der Waals surface area (Å²) in [5, 5.41) is 2.65. The minimum atomic E-state index is -0.655. The molecule has 0 bridgehead atoms. The normalized spacial score (nSPS) is 11.4. The molecule has 0 aliphatic rings. The fourth-order valence-corrected chi connectivity index (χ4v) is 2.25. The Hall–Kier alpha value is -1.75. The smallest absolute Gasteiger partial charge is 0.193 e. The second-order valence-corrected chi connectivity index (χ2v) is 5.16. The van der Waals surface area contributed by atoms with E-state index in [4.69, 9.17) is 5.73 Å². The lowest BCUT2D eigenvalue weighted by atomic mass is 9.87. The molecule has 0 unspecified atom stereocenters. The Labute approximate surface area is 104 Å². The van der Waals surface area contributed by atoms with Gasteiger partial charge in [-0.05, 0) is 26.0 Å². The Morgan fingerprint density at radius 3 is 2.65 bits per heavy atom. The zero-order chi connectivity index (χ0) is 12.5. The number of hydrogen-bond donors (Lipinski definition) is 1. The first-order valence-corrected chi connectivity index (χ1v) is 6.06. The first-order valence-electron chi connectivity index (χ1n) is 5.18. The fourth-order valence-electron chi connectivity index (χ4n) is 1.49. The molecule has 2 aromatic rings. The topological polar surface area (TPSA) is 68.9 Å². The van der Waals surface area contributed by atoms with Crippen LogP contribution >= 0.6 is 11.3 Å². The molecule has 0 spiro atoms. The standard InChI is InChI=1S/C12H13N3OS/c1-12(2,11-14-5-6-17-11)10(16)9-4-3-8(13)7-15-9/h3-7H,13H2,1-2H3. The van der Waals surface area contributed by atoms with E-state index in [0.717, 1.165) is 5.01 Å². The van der Waals surface area contributed by atoms with Crippen LogP contribution in [0.3, 0.4) is 0 Å². The van der Waals surface area contributed by atoms with Crippen LogP contribution < -0.4 is 5.73 Å². The lowest BCUT2D eigenvalue weighted by Crippen LogP contribution is -2.29. The van der Waals surface area contributed by atoms with E-state index in [-0.39, 0.29) is 5.78 Å². The summed E-state index contributed by atoms with van der Waals surface area (Å²) in [5.41, 5.74) is 5.86. The van der Waals surface area contributed by atoms with Crippen molar-refractivity contribution in [3.63, 3.8) is 0 Å². The van der Waals surface area contributed by atoms with Crippen LogP contribution in [0.2, 0.25) is 0 Å². The van der Waals surface area contributed by atoms with Crippen molar-refractivity contribution in [1.29, 1.82) is 0 Å². The number of Topliss-reactive ketones (excluding diaryl/α,β-unsaturated/α-hetero) is 1. The van der Waals surface area contributed by atoms with Crippen LogP contribution in [0.5, 0.6) is 0 Å². The molecule has 2 heterocycles. The summed E-state index contributed by atoms with van der Waals surface area (Å²) in [6.45, 7) is 3.71. The molecule has 0 saturated heterocycles. The number of pyridine rings is 1. The van der Waals surface area contributed by atoms with Crippen LogP contribution in [0.15, 0.2) is 29.9 Å². The Kier molecular flexibility index (Phi) is 2.93. The Balaban J connectivity index is 2.34. The highest BCUT2D eigenvalue weighted by Gasteiger charge is 2.33. The fraction of sp³-hybridized carbons (Fsp3) is 0.250. The predicted octanol–water partition coefficient (Wildman–Crippen LogP) is 2.28. The Morgan fingerprint density at radius 1 is 1.35 bits per heavy atom. The van der Waals surface area contributed by atoms with Gasteiger partial charge in [0.2, 0.25) is 0 Å². The number of hydrogen-bond acceptors (Lipinski definition) is 5. The molecule has 0 atom stereocenters. The van der Waals surface area contributed by atoms with Gasteiger partial charge in [0.1, 0.15) is 10.7 Å². The molecule has 2 rings (SSSR count). The first-order chi connectivity index (χ1) is 8.01. The summed E-state index contributed by atoms with van der Waals surface area (Å²) >= 11 is 1.47.